The second kappa shape index (κ2) is 10.4. The lowest BCUT2D eigenvalue weighted by atomic mass is 9.78. The molecule has 3 atom stereocenters. The van der Waals surface area contributed by atoms with Gasteiger partial charge < -0.3 is 16.0 Å². The number of primary amides is 1. The van der Waals surface area contributed by atoms with Crippen molar-refractivity contribution < 1.29 is 14.4 Å². The highest BCUT2D eigenvalue weighted by molar-refractivity contribution is 5.87. The van der Waals surface area contributed by atoms with E-state index in [1.165, 1.54) is 25.7 Å². The molecule has 1 aliphatic carbocycles. The predicted octanol–water partition coefficient (Wildman–Crippen LogP) is 2.55. The number of rotatable bonds is 8. The Morgan fingerprint density at radius 3 is 2.52 bits per heavy atom. The summed E-state index contributed by atoms with van der Waals surface area (Å²) < 4.78 is 0. The van der Waals surface area contributed by atoms with Crippen LogP contribution in [0.2, 0.25) is 0 Å². The number of amides is 3. The molecule has 3 rings (SSSR count). The van der Waals surface area contributed by atoms with Gasteiger partial charge in [-0.1, -0.05) is 43.2 Å². The Hall–Kier alpha value is -2.37. The number of fused-ring (bicyclic) bond motifs is 1. The van der Waals surface area contributed by atoms with E-state index in [0.29, 0.717) is 31.2 Å². The molecule has 1 saturated heterocycles. The molecule has 2 fully saturated rings. The molecule has 1 aliphatic heterocycles. The number of nitrogens with one attached hydrogen (secondary N) is 1. The maximum Gasteiger partial charge on any atom is 0.240 e. The van der Waals surface area contributed by atoms with Crippen LogP contribution in [0.1, 0.15) is 63.4 Å². The molecular formula is C23H33N3O3. The summed E-state index contributed by atoms with van der Waals surface area (Å²) >= 11 is 0. The molecule has 6 nitrogen and oxygen atoms in total. The summed E-state index contributed by atoms with van der Waals surface area (Å²) in [5.41, 5.74) is 6.40. The van der Waals surface area contributed by atoms with Gasteiger partial charge in [-0.25, -0.2) is 0 Å². The number of piperidine rings is 1. The maximum absolute atomic E-state index is 12.7. The highest BCUT2D eigenvalue weighted by Gasteiger charge is 2.35. The summed E-state index contributed by atoms with van der Waals surface area (Å²) in [4.78, 5) is 38.8. The van der Waals surface area contributed by atoms with Crippen LogP contribution < -0.4 is 11.1 Å². The lowest BCUT2D eigenvalue weighted by Gasteiger charge is -2.44. The van der Waals surface area contributed by atoms with Crippen molar-refractivity contribution in [3.05, 3.63) is 35.9 Å². The largest absolute Gasteiger partial charge is 0.368 e. The Labute approximate surface area is 173 Å². The smallest absolute Gasteiger partial charge is 0.240 e. The second-order valence-electron chi connectivity index (χ2n) is 8.41. The Morgan fingerprint density at radius 2 is 1.76 bits per heavy atom. The highest BCUT2D eigenvalue weighted by Crippen LogP contribution is 2.35. The molecule has 29 heavy (non-hydrogen) atoms. The first-order valence-corrected chi connectivity index (χ1v) is 11.0. The van der Waals surface area contributed by atoms with Crippen LogP contribution in [0, 0.1) is 5.92 Å². The van der Waals surface area contributed by atoms with Crippen LogP contribution >= 0.6 is 0 Å². The molecule has 3 amide bonds. The summed E-state index contributed by atoms with van der Waals surface area (Å²) in [6.45, 7) is 0.854. The van der Waals surface area contributed by atoms with E-state index in [1.54, 1.807) is 0 Å². The van der Waals surface area contributed by atoms with E-state index in [-0.39, 0.29) is 18.2 Å². The topological polar surface area (TPSA) is 92.5 Å². The minimum atomic E-state index is -0.731. The molecule has 2 aliphatic rings. The second-order valence-corrected chi connectivity index (χ2v) is 8.41. The Bertz CT molecular complexity index is 705. The Kier molecular flexibility index (Phi) is 7.67. The molecule has 3 N–H and O–H groups in total. The standard InChI is InChI=1S/C23H33N3O3/c24-23(29)19(16-17-8-2-1-3-9-17)25-21(27)13-6-14-22(28)26-15-7-11-18-10-4-5-12-20(18)26/h1-3,8-9,18-20H,4-7,10-16H2,(H2,24,29)(H,25,27)/t18?,19-,20?/m0/s1. The van der Waals surface area contributed by atoms with E-state index in [1.807, 2.05) is 30.3 Å². The van der Waals surface area contributed by atoms with Crippen molar-refractivity contribution in [2.75, 3.05) is 6.54 Å². The molecule has 1 heterocycles. The molecule has 0 aromatic heterocycles. The van der Waals surface area contributed by atoms with E-state index in [0.717, 1.165) is 24.9 Å². The van der Waals surface area contributed by atoms with Crippen molar-refractivity contribution in [2.24, 2.45) is 11.7 Å². The zero-order valence-corrected chi connectivity index (χ0v) is 17.1. The predicted molar refractivity (Wildman–Crippen MR) is 112 cm³/mol. The first-order chi connectivity index (χ1) is 14.0. The van der Waals surface area contributed by atoms with E-state index in [9.17, 15) is 14.4 Å². The number of benzene rings is 1. The van der Waals surface area contributed by atoms with E-state index in [4.69, 9.17) is 5.73 Å². The van der Waals surface area contributed by atoms with Gasteiger partial charge in [-0.15, -0.1) is 0 Å². The fourth-order valence-corrected chi connectivity index (χ4v) is 4.82. The number of carbonyl (C=O) groups excluding carboxylic acids is 3. The van der Waals surface area contributed by atoms with Gasteiger partial charge in [-0.3, -0.25) is 14.4 Å². The van der Waals surface area contributed by atoms with Crippen LogP contribution in [0.3, 0.4) is 0 Å². The van der Waals surface area contributed by atoms with E-state index < -0.39 is 11.9 Å². The van der Waals surface area contributed by atoms with Crippen molar-refractivity contribution in [3.63, 3.8) is 0 Å². The van der Waals surface area contributed by atoms with Gasteiger partial charge in [-0.2, -0.15) is 0 Å². The number of likely N-dealkylation sites (tertiary alicyclic amines) is 1. The lowest BCUT2D eigenvalue weighted by Crippen LogP contribution is -2.49. The molecular weight excluding hydrogens is 366 g/mol. The molecule has 0 spiro atoms. The van der Waals surface area contributed by atoms with Gasteiger partial charge in [0.1, 0.15) is 6.04 Å². The van der Waals surface area contributed by atoms with Gasteiger partial charge in [0.25, 0.3) is 0 Å². The quantitative estimate of drug-likeness (QED) is 0.704. The van der Waals surface area contributed by atoms with Crippen molar-refractivity contribution in [1.82, 2.24) is 10.2 Å². The van der Waals surface area contributed by atoms with Crippen LogP contribution in [-0.4, -0.2) is 41.2 Å². The SMILES string of the molecule is NC(=O)[C@H](Cc1ccccc1)NC(=O)CCCC(=O)N1CCCC2CCCCC21. The molecule has 0 radical (unpaired) electrons. The molecule has 0 bridgehead atoms. The van der Waals surface area contributed by atoms with Crippen molar-refractivity contribution >= 4 is 17.7 Å². The highest BCUT2D eigenvalue weighted by atomic mass is 16.2. The van der Waals surface area contributed by atoms with Gasteiger partial charge in [0, 0.05) is 31.8 Å². The number of nitrogens with two attached hydrogens (primary N) is 1. The monoisotopic (exact) mass is 399 g/mol. The van der Waals surface area contributed by atoms with Gasteiger partial charge in [0.15, 0.2) is 0 Å². The summed E-state index contributed by atoms with van der Waals surface area (Å²) in [5, 5.41) is 2.73. The average Bonchev–Trinajstić information content (AvgIpc) is 2.73. The van der Waals surface area contributed by atoms with Gasteiger partial charge >= 0.3 is 0 Å². The summed E-state index contributed by atoms with van der Waals surface area (Å²) in [5.74, 6) is 0.0610. The van der Waals surface area contributed by atoms with Crippen LogP contribution in [-0.2, 0) is 20.8 Å². The summed E-state index contributed by atoms with van der Waals surface area (Å²) in [6.07, 6.45) is 8.68. The zero-order chi connectivity index (χ0) is 20.6. The number of nitrogens with zero attached hydrogens (tertiary/aromatic N) is 1. The summed E-state index contributed by atoms with van der Waals surface area (Å²) in [7, 11) is 0. The minimum Gasteiger partial charge on any atom is -0.368 e. The summed E-state index contributed by atoms with van der Waals surface area (Å²) in [6, 6.07) is 9.15. The van der Waals surface area contributed by atoms with E-state index in [2.05, 4.69) is 10.2 Å². The van der Waals surface area contributed by atoms with Crippen LogP contribution in [0.4, 0.5) is 0 Å². The molecule has 1 saturated carbocycles. The number of carbonyl (C=O) groups is 3. The number of hydrogen-bond acceptors (Lipinski definition) is 3. The molecule has 1 aromatic rings. The van der Waals surface area contributed by atoms with Crippen molar-refractivity contribution in [2.45, 2.75) is 76.3 Å². The molecule has 158 valence electrons. The fourth-order valence-electron chi connectivity index (χ4n) is 4.82. The number of hydrogen-bond donors (Lipinski definition) is 2. The third-order valence-electron chi connectivity index (χ3n) is 6.32. The van der Waals surface area contributed by atoms with Crippen LogP contribution in [0.15, 0.2) is 30.3 Å². The fraction of sp³-hybridized carbons (Fsp3) is 0.609. The van der Waals surface area contributed by atoms with Crippen LogP contribution in [0.5, 0.6) is 0 Å². The first-order valence-electron chi connectivity index (χ1n) is 11.0. The maximum atomic E-state index is 12.7. The third kappa shape index (κ3) is 6.05. The normalized spacial score (nSPS) is 22.4. The average molecular weight is 400 g/mol. The van der Waals surface area contributed by atoms with Crippen molar-refractivity contribution in [1.29, 1.82) is 0 Å². The van der Waals surface area contributed by atoms with Gasteiger partial charge in [0.2, 0.25) is 17.7 Å². The third-order valence-corrected chi connectivity index (χ3v) is 6.32. The van der Waals surface area contributed by atoms with Gasteiger partial charge in [0.05, 0.1) is 0 Å². The molecule has 6 heteroatoms. The molecule has 2 unspecified atom stereocenters. The lowest BCUT2D eigenvalue weighted by molar-refractivity contribution is -0.137. The van der Waals surface area contributed by atoms with Crippen molar-refractivity contribution in [3.8, 4) is 0 Å². The minimum absolute atomic E-state index is 0.171. The Balaban J connectivity index is 1.43. The van der Waals surface area contributed by atoms with Gasteiger partial charge in [-0.05, 0) is 43.6 Å². The first kappa shape index (κ1) is 21.3. The van der Waals surface area contributed by atoms with Crippen LogP contribution in [0.25, 0.3) is 0 Å². The Morgan fingerprint density at radius 1 is 1.03 bits per heavy atom. The molecule has 1 aromatic carbocycles. The van der Waals surface area contributed by atoms with E-state index >= 15 is 0 Å². The zero-order valence-electron chi connectivity index (χ0n) is 17.1.